The molecule has 3 rings (SSSR count). The number of nitrogens with zero attached hydrogens (tertiary/aromatic N) is 3. The quantitative estimate of drug-likeness (QED) is 0.782. The first-order valence-electron chi connectivity index (χ1n) is 7.97. The Morgan fingerprint density at radius 3 is 2.67 bits per heavy atom. The summed E-state index contributed by atoms with van der Waals surface area (Å²) in [4.78, 5) is 17.7. The van der Waals surface area contributed by atoms with Crippen molar-refractivity contribution in [1.82, 2.24) is 9.80 Å². The third-order valence-electron chi connectivity index (χ3n) is 4.69. The van der Waals surface area contributed by atoms with E-state index in [9.17, 15) is 4.79 Å². The van der Waals surface area contributed by atoms with Crippen LogP contribution in [0.2, 0.25) is 0 Å². The summed E-state index contributed by atoms with van der Waals surface area (Å²) in [5.74, 6) is 0. The molecule has 0 aliphatic carbocycles. The molecule has 4 nitrogen and oxygen atoms in total. The van der Waals surface area contributed by atoms with Crippen LogP contribution in [0.1, 0.15) is 17.5 Å². The summed E-state index contributed by atoms with van der Waals surface area (Å²) in [6.45, 7) is 7.40. The fourth-order valence-electron chi connectivity index (χ4n) is 3.35. The summed E-state index contributed by atoms with van der Waals surface area (Å²) in [7, 11) is 2.20. The molecule has 0 unspecified atom stereocenters. The lowest BCUT2D eigenvalue weighted by molar-refractivity contribution is -0.108. The van der Waals surface area contributed by atoms with E-state index in [4.69, 9.17) is 0 Å². The maximum absolute atomic E-state index is 10.5. The summed E-state index contributed by atoms with van der Waals surface area (Å²) in [5, 5.41) is 0. The Morgan fingerprint density at radius 1 is 1.10 bits per heavy atom. The van der Waals surface area contributed by atoms with E-state index < -0.39 is 0 Å². The van der Waals surface area contributed by atoms with E-state index in [2.05, 4.69) is 39.9 Å². The van der Waals surface area contributed by atoms with E-state index in [1.807, 2.05) is 0 Å². The predicted molar refractivity (Wildman–Crippen MR) is 85.8 cm³/mol. The second kappa shape index (κ2) is 6.58. The summed E-state index contributed by atoms with van der Waals surface area (Å²) in [6.07, 6.45) is 2.85. The molecule has 1 saturated heterocycles. The van der Waals surface area contributed by atoms with Gasteiger partial charge in [0.05, 0.1) is 0 Å². The van der Waals surface area contributed by atoms with Gasteiger partial charge >= 0.3 is 0 Å². The number of benzene rings is 1. The molecule has 1 aromatic carbocycles. The van der Waals surface area contributed by atoms with Gasteiger partial charge in [-0.1, -0.05) is 6.07 Å². The molecule has 4 heteroatoms. The number of carbonyl (C=O) groups excluding carboxylic acids is 1. The molecule has 1 fully saturated rings. The number of aldehydes is 1. The third-order valence-corrected chi connectivity index (χ3v) is 4.69. The molecule has 0 N–H and O–H groups in total. The van der Waals surface area contributed by atoms with Gasteiger partial charge < -0.3 is 14.6 Å². The van der Waals surface area contributed by atoms with Crippen LogP contribution in [-0.2, 0) is 17.8 Å². The van der Waals surface area contributed by atoms with Crippen molar-refractivity contribution in [3.63, 3.8) is 0 Å². The first kappa shape index (κ1) is 14.5. The zero-order chi connectivity index (χ0) is 14.7. The first-order valence-corrected chi connectivity index (χ1v) is 7.97. The van der Waals surface area contributed by atoms with Gasteiger partial charge in [-0.15, -0.1) is 0 Å². The zero-order valence-corrected chi connectivity index (χ0v) is 12.9. The molecule has 2 aliphatic heterocycles. The maximum Gasteiger partial charge on any atom is 0.121 e. The largest absolute Gasteiger partial charge is 0.369 e. The average molecular weight is 287 g/mol. The van der Waals surface area contributed by atoms with Gasteiger partial charge in [0.2, 0.25) is 0 Å². The number of likely N-dealkylation sites (N-methyl/N-ethyl adjacent to an activating group) is 1. The Bertz CT molecular complexity index is 495. The number of piperazine rings is 1. The second-order valence-corrected chi connectivity index (χ2v) is 6.22. The van der Waals surface area contributed by atoms with Crippen molar-refractivity contribution in [2.75, 3.05) is 51.2 Å². The van der Waals surface area contributed by atoms with E-state index in [1.165, 1.54) is 29.8 Å². The second-order valence-electron chi connectivity index (χ2n) is 6.22. The first-order chi connectivity index (χ1) is 10.3. The molecule has 2 heterocycles. The molecular weight excluding hydrogens is 262 g/mol. The fraction of sp³-hybridized carbons (Fsp3) is 0.588. The average Bonchev–Trinajstić information content (AvgIpc) is 2.52. The molecule has 114 valence electrons. The highest BCUT2D eigenvalue weighted by Crippen LogP contribution is 2.25. The Labute approximate surface area is 127 Å². The molecule has 0 spiro atoms. The molecule has 21 heavy (non-hydrogen) atoms. The van der Waals surface area contributed by atoms with Crippen LogP contribution in [0.4, 0.5) is 5.69 Å². The van der Waals surface area contributed by atoms with Crippen molar-refractivity contribution in [2.45, 2.75) is 19.4 Å². The van der Waals surface area contributed by atoms with E-state index in [1.54, 1.807) is 0 Å². The number of carbonyl (C=O) groups is 1. The van der Waals surface area contributed by atoms with E-state index >= 15 is 0 Å². The molecule has 0 saturated carbocycles. The van der Waals surface area contributed by atoms with Crippen molar-refractivity contribution in [3.05, 3.63) is 29.3 Å². The summed E-state index contributed by atoms with van der Waals surface area (Å²) < 4.78 is 0. The van der Waals surface area contributed by atoms with Crippen LogP contribution < -0.4 is 4.90 Å². The molecule has 0 amide bonds. The highest BCUT2D eigenvalue weighted by molar-refractivity contribution is 5.52. The van der Waals surface area contributed by atoms with Gasteiger partial charge in [0.1, 0.15) is 6.29 Å². The molecule has 2 aliphatic rings. The lowest BCUT2D eigenvalue weighted by atomic mass is 9.99. The Morgan fingerprint density at radius 2 is 1.90 bits per heavy atom. The van der Waals surface area contributed by atoms with E-state index in [0.29, 0.717) is 6.42 Å². The fourth-order valence-corrected chi connectivity index (χ4v) is 3.35. The van der Waals surface area contributed by atoms with Crippen LogP contribution in [0.15, 0.2) is 18.2 Å². The van der Waals surface area contributed by atoms with Gasteiger partial charge in [-0.2, -0.15) is 0 Å². The van der Waals surface area contributed by atoms with Crippen LogP contribution in [0.25, 0.3) is 0 Å². The van der Waals surface area contributed by atoms with Gasteiger partial charge in [-0.05, 0) is 36.7 Å². The van der Waals surface area contributed by atoms with Crippen LogP contribution in [0.3, 0.4) is 0 Å². The Hall–Kier alpha value is -1.39. The summed E-state index contributed by atoms with van der Waals surface area (Å²) in [6, 6.07) is 6.98. The monoisotopic (exact) mass is 287 g/mol. The minimum atomic E-state index is 0.658. The molecule has 0 atom stereocenters. The highest BCUT2D eigenvalue weighted by Gasteiger charge is 2.19. The topological polar surface area (TPSA) is 26.8 Å². The van der Waals surface area contributed by atoms with E-state index in [-0.39, 0.29) is 0 Å². The van der Waals surface area contributed by atoms with Crippen molar-refractivity contribution in [2.24, 2.45) is 0 Å². The van der Waals surface area contributed by atoms with Crippen LogP contribution >= 0.6 is 0 Å². The molecular formula is C17H25N3O. The number of hydrogen-bond donors (Lipinski definition) is 0. The third kappa shape index (κ3) is 3.44. The van der Waals surface area contributed by atoms with Crippen LogP contribution in [0.5, 0.6) is 0 Å². The lowest BCUT2D eigenvalue weighted by Gasteiger charge is -2.36. The van der Waals surface area contributed by atoms with Gasteiger partial charge in [-0.3, -0.25) is 4.90 Å². The predicted octanol–water partition coefficient (Wildman–Crippen LogP) is 1.39. The number of anilines is 1. The van der Waals surface area contributed by atoms with Gasteiger partial charge in [0, 0.05) is 57.9 Å². The number of fused-ring (bicyclic) bond motifs is 1. The van der Waals surface area contributed by atoms with Crippen molar-refractivity contribution in [1.29, 1.82) is 0 Å². The maximum atomic E-state index is 10.5. The van der Waals surface area contributed by atoms with Gasteiger partial charge in [0.25, 0.3) is 0 Å². The highest BCUT2D eigenvalue weighted by atomic mass is 16.1. The summed E-state index contributed by atoms with van der Waals surface area (Å²) in [5.41, 5.74) is 4.37. The lowest BCUT2D eigenvalue weighted by Crippen LogP contribution is -2.46. The van der Waals surface area contributed by atoms with Gasteiger partial charge in [0.15, 0.2) is 0 Å². The standard InChI is InChI=1S/C17H25N3O/c1-18-7-5-15-3-4-17(13-16(15)14-18)20-10-8-19(9-11-20)6-2-12-21/h3-4,12-13H,2,5-11,14H2,1H3. The SMILES string of the molecule is CN1CCc2ccc(N3CCN(CCC=O)CC3)cc2C1. The Kier molecular flexibility index (Phi) is 4.56. The molecule has 0 aromatic heterocycles. The van der Waals surface area contributed by atoms with Crippen LogP contribution in [-0.4, -0.2) is 62.4 Å². The smallest absolute Gasteiger partial charge is 0.121 e. The normalized spacial score (nSPS) is 20.3. The van der Waals surface area contributed by atoms with Crippen molar-refractivity contribution in [3.8, 4) is 0 Å². The van der Waals surface area contributed by atoms with Crippen molar-refractivity contribution >= 4 is 12.0 Å². The van der Waals surface area contributed by atoms with E-state index in [0.717, 1.165) is 45.6 Å². The molecule has 0 bridgehead atoms. The minimum absolute atomic E-state index is 0.658. The Balaban J connectivity index is 1.63. The van der Waals surface area contributed by atoms with Crippen molar-refractivity contribution < 1.29 is 4.79 Å². The number of rotatable bonds is 4. The zero-order valence-electron chi connectivity index (χ0n) is 12.9. The summed E-state index contributed by atoms with van der Waals surface area (Å²) >= 11 is 0. The van der Waals surface area contributed by atoms with Gasteiger partial charge in [-0.25, -0.2) is 0 Å². The van der Waals surface area contributed by atoms with Crippen LogP contribution in [0, 0.1) is 0 Å². The number of hydrogen-bond acceptors (Lipinski definition) is 4. The minimum Gasteiger partial charge on any atom is -0.369 e. The molecule has 0 radical (unpaired) electrons. The molecule has 1 aromatic rings.